The predicted octanol–water partition coefficient (Wildman–Crippen LogP) is 4.10. The molecule has 0 radical (unpaired) electrons. The molecule has 3 heteroatoms. The molecule has 1 aromatic heterocycles. The van der Waals surface area contributed by atoms with E-state index >= 15 is 0 Å². The Morgan fingerprint density at radius 3 is 2.78 bits per heavy atom. The molecular weight excluding hydrogens is 244 g/mol. The van der Waals surface area contributed by atoms with Gasteiger partial charge in [0.2, 0.25) is 0 Å². The molecule has 1 heterocycles. The fraction of sp³-hybridized carbons (Fsp3) is 0.467. The zero-order chi connectivity index (χ0) is 12.6. The first kappa shape index (κ1) is 12.1. The van der Waals surface area contributed by atoms with Crippen molar-refractivity contribution in [1.82, 2.24) is 10.3 Å². The second-order valence-corrected chi connectivity index (χ2v) is 5.80. The number of hydrogen-bond donors (Lipinski definition) is 2. The highest BCUT2D eigenvalue weighted by Gasteiger charge is 2.39. The van der Waals surface area contributed by atoms with Crippen LogP contribution >= 0.6 is 11.6 Å². The van der Waals surface area contributed by atoms with Crippen LogP contribution in [0.4, 0.5) is 0 Å². The molecule has 0 saturated heterocycles. The summed E-state index contributed by atoms with van der Waals surface area (Å²) in [6.07, 6.45) is 4.02. The Balaban J connectivity index is 1.69. The van der Waals surface area contributed by atoms with Crippen LogP contribution < -0.4 is 5.32 Å². The zero-order valence-corrected chi connectivity index (χ0v) is 11.5. The highest BCUT2D eigenvalue weighted by Crippen LogP contribution is 2.47. The fourth-order valence-corrected chi connectivity index (χ4v) is 2.85. The summed E-state index contributed by atoms with van der Waals surface area (Å²) in [5.41, 5.74) is 2.80. The van der Waals surface area contributed by atoms with Gasteiger partial charge < -0.3 is 10.3 Å². The number of halogens is 1. The third kappa shape index (κ3) is 2.15. The normalized spacial score (nSPS) is 17.2. The molecule has 1 aliphatic rings. The Morgan fingerprint density at radius 2 is 2.11 bits per heavy atom. The summed E-state index contributed by atoms with van der Waals surface area (Å²) < 4.78 is 0. The lowest BCUT2D eigenvalue weighted by Gasteiger charge is -2.12. The van der Waals surface area contributed by atoms with Crippen LogP contribution in [0, 0.1) is 5.41 Å². The van der Waals surface area contributed by atoms with Gasteiger partial charge in [0, 0.05) is 29.7 Å². The number of nitrogens with one attached hydrogen (secondary N) is 2. The molecule has 2 nitrogen and oxygen atoms in total. The number of rotatable bonds is 5. The average Bonchev–Trinajstić information content (AvgIpc) is 3.11. The summed E-state index contributed by atoms with van der Waals surface area (Å²) in [7, 11) is 0. The SMILES string of the molecule is CCC1(CNCc2[nH]c3ccccc3c2Cl)CC1. The largest absolute Gasteiger partial charge is 0.356 e. The molecular formula is C15H19ClN2. The maximum atomic E-state index is 6.39. The van der Waals surface area contributed by atoms with Crippen molar-refractivity contribution in [3.8, 4) is 0 Å². The number of benzene rings is 1. The first-order valence-electron chi connectivity index (χ1n) is 6.70. The summed E-state index contributed by atoms with van der Waals surface area (Å²) >= 11 is 6.39. The summed E-state index contributed by atoms with van der Waals surface area (Å²) in [6, 6.07) is 8.18. The van der Waals surface area contributed by atoms with Gasteiger partial charge in [-0.3, -0.25) is 0 Å². The summed E-state index contributed by atoms with van der Waals surface area (Å²) in [6.45, 7) is 4.22. The topological polar surface area (TPSA) is 27.8 Å². The third-order valence-corrected chi connectivity index (χ3v) is 4.65. The van der Waals surface area contributed by atoms with Crippen molar-refractivity contribution in [3.63, 3.8) is 0 Å². The molecule has 0 unspecified atom stereocenters. The number of hydrogen-bond acceptors (Lipinski definition) is 1. The molecule has 0 atom stereocenters. The highest BCUT2D eigenvalue weighted by atomic mass is 35.5. The third-order valence-electron chi connectivity index (χ3n) is 4.22. The molecule has 1 aromatic carbocycles. The molecule has 2 N–H and O–H groups in total. The number of fused-ring (bicyclic) bond motifs is 1. The molecule has 96 valence electrons. The molecule has 1 saturated carbocycles. The molecule has 0 aliphatic heterocycles. The molecule has 0 amide bonds. The van der Waals surface area contributed by atoms with Crippen LogP contribution in [0.15, 0.2) is 24.3 Å². The van der Waals surface area contributed by atoms with Gasteiger partial charge in [0.1, 0.15) is 0 Å². The van der Waals surface area contributed by atoms with Crippen molar-refractivity contribution in [2.24, 2.45) is 5.41 Å². The Kier molecular flexibility index (Phi) is 3.08. The molecule has 0 spiro atoms. The zero-order valence-electron chi connectivity index (χ0n) is 10.7. The predicted molar refractivity (Wildman–Crippen MR) is 77.0 cm³/mol. The maximum Gasteiger partial charge on any atom is 0.0705 e. The van der Waals surface area contributed by atoms with Gasteiger partial charge >= 0.3 is 0 Å². The second kappa shape index (κ2) is 4.60. The summed E-state index contributed by atoms with van der Waals surface area (Å²) in [4.78, 5) is 3.39. The maximum absolute atomic E-state index is 6.39. The minimum absolute atomic E-state index is 0.582. The van der Waals surface area contributed by atoms with E-state index in [4.69, 9.17) is 11.6 Å². The smallest absolute Gasteiger partial charge is 0.0705 e. The molecule has 2 aromatic rings. The monoisotopic (exact) mass is 262 g/mol. The van der Waals surface area contributed by atoms with E-state index < -0.39 is 0 Å². The minimum atomic E-state index is 0.582. The number of H-pyrrole nitrogens is 1. The highest BCUT2D eigenvalue weighted by molar-refractivity contribution is 6.36. The second-order valence-electron chi connectivity index (χ2n) is 5.42. The van der Waals surface area contributed by atoms with E-state index in [0.29, 0.717) is 5.41 Å². The molecule has 0 bridgehead atoms. The van der Waals surface area contributed by atoms with Crippen molar-refractivity contribution >= 4 is 22.5 Å². The lowest BCUT2D eigenvalue weighted by atomic mass is 10.0. The van der Waals surface area contributed by atoms with Gasteiger partial charge in [-0.25, -0.2) is 0 Å². The van der Waals surface area contributed by atoms with Crippen LogP contribution in [-0.2, 0) is 6.54 Å². The first-order chi connectivity index (χ1) is 8.74. The van der Waals surface area contributed by atoms with Crippen LogP contribution in [0.3, 0.4) is 0 Å². The number of aromatic nitrogens is 1. The van der Waals surface area contributed by atoms with Gasteiger partial charge in [-0.2, -0.15) is 0 Å². The molecule has 1 fully saturated rings. The van der Waals surface area contributed by atoms with Gasteiger partial charge in [-0.1, -0.05) is 36.7 Å². The summed E-state index contributed by atoms with van der Waals surface area (Å²) in [5, 5.41) is 5.52. The lowest BCUT2D eigenvalue weighted by molar-refractivity contribution is 0.442. The number of aromatic amines is 1. The van der Waals surface area contributed by atoms with Crippen LogP contribution in [-0.4, -0.2) is 11.5 Å². The minimum Gasteiger partial charge on any atom is -0.356 e. The fourth-order valence-electron chi connectivity index (χ4n) is 2.57. The molecule has 18 heavy (non-hydrogen) atoms. The van der Waals surface area contributed by atoms with Crippen molar-refractivity contribution in [2.45, 2.75) is 32.7 Å². The van der Waals surface area contributed by atoms with Crippen molar-refractivity contribution in [1.29, 1.82) is 0 Å². The van der Waals surface area contributed by atoms with E-state index in [-0.39, 0.29) is 0 Å². The Labute approximate surface area is 113 Å². The van der Waals surface area contributed by atoms with Crippen molar-refractivity contribution < 1.29 is 0 Å². The molecule has 1 aliphatic carbocycles. The lowest BCUT2D eigenvalue weighted by Crippen LogP contribution is -2.23. The summed E-state index contributed by atoms with van der Waals surface area (Å²) in [5.74, 6) is 0. The van der Waals surface area contributed by atoms with E-state index in [9.17, 15) is 0 Å². The van der Waals surface area contributed by atoms with Gasteiger partial charge in [0.25, 0.3) is 0 Å². The van der Waals surface area contributed by atoms with E-state index in [0.717, 1.165) is 34.7 Å². The van der Waals surface area contributed by atoms with E-state index in [2.05, 4.69) is 29.4 Å². The average molecular weight is 263 g/mol. The van der Waals surface area contributed by atoms with E-state index in [1.54, 1.807) is 0 Å². The van der Waals surface area contributed by atoms with E-state index in [1.165, 1.54) is 19.3 Å². The van der Waals surface area contributed by atoms with Crippen LogP contribution in [0.5, 0.6) is 0 Å². The number of para-hydroxylation sites is 1. The Bertz CT molecular complexity index is 555. The first-order valence-corrected chi connectivity index (χ1v) is 7.08. The standard InChI is InChI=1S/C15H19ClN2/c1-2-15(7-8-15)10-17-9-13-14(16)11-5-3-4-6-12(11)18-13/h3-6,17-18H,2,7-10H2,1H3. The van der Waals surface area contributed by atoms with Gasteiger partial charge in [-0.15, -0.1) is 0 Å². The van der Waals surface area contributed by atoms with Crippen LogP contribution in [0.25, 0.3) is 10.9 Å². The van der Waals surface area contributed by atoms with Crippen LogP contribution in [0.1, 0.15) is 31.9 Å². The Hall–Kier alpha value is -0.990. The quantitative estimate of drug-likeness (QED) is 0.834. The van der Waals surface area contributed by atoms with Crippen LogP contribution in [0.2, 0.25) is 5.02 Å². The van der Waals surface area contributed by atoms with Gasteiger partial charge in [0.05, 0.1) is 5.02 Å². The Morgan fingerprint density at radius 1 is 1.33 bits per heavy atom. The van der Waals surface area contributed by atoms with Crippen molar-refractivity contribution in [3.05, 3.63) is 35.0 Å². The van der Waals surface area contributed by atoms with Gasteiger partial charge in [-0.05, 0) is 30.7 Å². The van der Waals surface area contributed by atoms with E-state index in [1.807, 2.05) is 12.1 Å². The van der Waals surface area contributed by atoms with Crippen molar-refractivity contribution in [2.75, 3.05) is 6.54 Å². The van der Waals surface area contributed by atoms with Gasteiger partial charge in [0.15, 0.2) is 0 Å². The molecule has 3 rings (SSSR count).